The van der Waals surface area contributed by atoms with E-state index >= 15 is 0 Å². The van der Waals surface area contributed by atoms with E-state index < -0.39 is 88.8 Å². The van der Waals surface area contributed by atoms with Crippen molar-refractivity contribution < 1.29 is 58.9 Å². The number of hydrazone groups is 1. The van der Waals surface area contributed by atoms with E-state index in [2.05, 4.69) is 22.3 Å². The number of Topliss-reactive ketones (excluding diaryl/α,β-unsaturated/α-hetero) is 1. The number of nitrogens with one attached hydrogen (secondary N) is 1. The van der Waals surface area contributed by atoms with Crippen LogP contribution in [0.1, 0.15) is 89.4 Å². The summed E-state index contributed by atoms with van der Waals surface area (Å²) in [5.74, 6) is -8.46. The number of phenols is 3. The number of methoxy groups -OCH3 is 1. The van der Waals surface area contributed by atoms with Crippen LogP contribution in [0, 0.1) is 30.6 Å². The molecule has 67 heavy (non-hydrogen) atoms. The number of nitrogens with zero attached hydrogens (tertiary/aromatic N) is 3. The van der Waals surface area contributed by atoms with Gasteiger partial charge in [-0.25, -0.2) is 0 Å². The van der Waals surface area contributed by atoms with Gasteiger partial charge in [-0.05, 0) is 39.3 Å². The van der Waals surface area contributed by atoms with E-state index in [1.807, 2.05) is 37.1 Å². The van der Waals surface area contributed by atoms with Gasteiger partial charge in [0.1, 0.15) is 23.4 Å². The van der Waals surface area contributed by atoms with Crippen LogP contribution in [0.4, 0.5) is 5.69 Å². The van der Waals surface area contributed by atoms with Crippen LogP contribution in [0.25, 0.3) is 10.8 Å². The second-order valence-corrected chi connectivity index (χ2v) is 18.6. The Morgan fingerprint density at radius 2 is 1.57 bits per heavy atom. The van der Waals surface area contributed by atoms with E-state index in [0.717, 1.165) is 6.54 Å². The Morgan fingerprint density at radius 3 is 2.19 bits per heavy atom. The van der Waals surface area contributed by atoms with Gasteiger partial charge in [-0.2, -0.15) is 5.10 Å². The lowest BCUT2D eigenvalue weighted by molar-refractivity contribution is -0.160. The molecule has 0 spiro atoms. The predicted molar refractivity (Wildman–Crippen MR) is 254 cm³/mol. The second kappa shape index (κ2) is 20.5. The molecule has 3 aromatic carbocycles. The van der Waals surface area contributed by atoms with E-state index in [0.29, 0.717) is 13.1 Å². The molecule has 1 saturated heterocycles. The number of aromatic hydroxyl groups is 3. The summed E-state index contributed by atoms with van der Waals surface area (Å²) < 4.78 is 23.8. The number of carbonyl (C=O) groups excluding carboxylic acids is 3. The van der Waals surface area contributed by atoms with Gasteiger partial charge in [-0.3, -0.25) is 24.3 Å². The molecule has 4 aliphatic heterocycles. The lowest BCUT2D eigenvalue weighted by atomic mass is 9.78. The van der Waals surface area contributed by atoms with Crippen LogP contribution in [0.3, 0.4) is 0 Å². The Bertz CT molecular complexity index is 2460. The van der Waals surface area contributed by atoms with Gasteiger partial charge in [0.05, 0.1) is 65.1 Å². The Morgan fingerprint density at radius 1 is 0.910 bits per heavy atom. The van der Waals surface area contributed by atoms with Crippen molar-refractivity contribution in [2.24, 2.45) is 28.8 Å². The number of phenolic OH excluding ortho intramolecular Hbond substituents is 3. The van der Waals surface area contributed by atoms with Crippen molar-refractivity contribution in [1.29, 1.82) is 0 Å². The number of esters is 1. The van der Waals surface area contributed by atoms with Crippen LogP contribution in [-0.4, -0.2) is 122 Å². The highest BCUT2D eigenvalue weighted by atomic mass is 16.7. The Hall–Kier alpha value is -5.94. The Labute approximate surface area is 392 Å². The summed E-state index contributed by atoms with van der Waals surface area (Å²) in [5, 5.41) is 68.1. The van der Waals surface area contributed by atoms with Gasteiger partial charge in [-0.15, -0.1) is 0 Å². The molecular formula is C51H66N4O12. The summed E-state index contributed by atoms with van der Waals surface area (Å²) in [5.41, 5.74) is 0.785. The number of rotatable bonds is 6. The van der Waals surface area contributed by atoms with Gasteiger partial charge in [0.2, 0.25) is 0 Å². The Kier molecular flexibility index (Phi) is 15.5. The van der Waals surface area contributed by atoms with Crippen molar-refractivity contribution in [1.82, 2.24) is 9.91 Å². The zero-order valence-electron chi connectivity index (χ0n) is 40.2. The van der Waals surface area contributed by atoms with Crippen molar-refractivity contribution in [2.45, 2.75) is 118 Å². The molecule has 1 fully saturated rings. The highest BCUT2D eigenvalue weighted by Crippen LogP contribution is 2.55. The smallest absolute Gasteiger partial charge is 0.312 e. The van der Waals surface area contributed by atoms with E-state index in [-0.39, 0.29) is 56.6 Å². The van der Waals surface area contributed by atoms with Crippen molar-refractivity contribution in [3.8, 4) is 23.0 Å². The number of piperazine rings is 1. The van der Waals surface area contributed by atoms with E-state index in [4.69, 9.17) is 24.0 Å². The molecule has 0 aromatic heterocycles. The van der Waals surface area contributed by atoms with Crippen LogP contribution in [0.2, 0.25) is 0 Å². The lowest BCUT2D eigenvalue weighted by Gasteiger charge is -2.42. The number of aliphatic hydroxyl groups is 2. The number of benzene rings is 3. The minimum Gasteiger partial charge on any atom is -0.507 e. The summed E-state index contributed by atoms with van der Waals surface area (Å²) in [6.07, 6.45) is 4.88. The first-order valence-corrected chi connectivity index (χ1v) is 22.8. The fourth-order valence-corrected chi connectivity index (χ4v) is 9.62. The number of amides is 1. The molecule has 362 valence electrons. The minimum atomic E-state index is -2.07. The largest absolute Gasteiger partial charge is 0.507 e. The molecule has 7 rings (SSSR count). The van der Waals surface area contributed by atoms with Gasteiger partial charge in [0, 0.05) is 80.8 Å². The second-order valence-electron chi connectivity index (χ2n) is 18.6. The molecule has 0 radical (unpaired) electrons. The summed E-state index contributed by atoms with van der Waals surface area (Å²) >= 11 is 0. The average molecular weight is 927 g/mol. The van der Waals surface area contributed by atoms with Gasteiger partial charge in [-0.1, -0.05) is 76.3 Å². The molecule has 0 aliphatic carbocycles. The fourth-order valence-electron chi connectivity index (χ4n) is 9.62. The SMILES string of the molecule is CO[C@H]1/C=C\O[C@@]2(C)Oc3c(C)c(O)c4c(O)c(c(C=NN5C(C)CN(Cc6ccccc6)CC5C)c(O)c4c3C2=O)NC(=O)/C(C)=C/C=C\[C@H](C)[C@H](O)[C@@H](C)[C@@H](O)[C@@H](C)[C@H](OC(C)=O)[C@@H]1C. The number of allylic oxidation sites excluding steroid dienone is 2. The molecule has 11 atom stereocenters. The molecule has 1 amide bonds. The third-order valence-corrected chi connectivity index (χ3v) is 13.6. The maximum absolute atomic E-state index is 14.6. The van der Waals surface area contributed by atoms with Crippen LogP contribution >= 0.6 is 0 Å². The topological polar surface area (TPSA) is 220 Å². The molecule has 16 heteroatoms. The van der Waals surface area contributed by atoms with Crippen molar-refractivity contribution >= 4 is 40.3 Å². The molecule has 0 saturated carbocycles. The quantitative estimate of drug-likeness (QED) is 0.0658. The highest BCUT2D eigenvalue weighted by molar-refractivity contribution is 6.23. The van der Waals surface area contributed by atoms with E-state index in [1.54, 1.807) is 39.8 Å². The average Bonchev–Trinajstić information content (AvgIpc) is 3.55. The lowest BCUT2D eigenvalue weighted by Crippen LogP contribution is -2.54. The van der Waals surface area contributed by atoms with E-state index in [9.17, 15) is 39.9 Å². The number of fused-ring (bicyclic) bond motifs is 14. The van der Waals surface area contributed by atoms with Gasteiger partial charge in [0.15, 0.2) is 5.75 Å². The number of hydrogen-bond donors (Lipinski definition) is 6. The van der Waals surface area contributed by atoms with Gasteiger partial charge < -0.3 is 49.8 Å². The highest BCUT2D eigenvalue weighted by Gasteiger charge is 2.50. The van der Waals surface area contributed by atoms with Crippen LogP contribution < -0.4 is 10.1 Å². The minimum absolute atomic E-state index is 0.0500. The summed E-state index contributed by atoms with van der Waals surface area (Å²) in [6, 6.07) is 9.93. The number of hydrogen-bond acceptors (Lipinski definition) is 15. The first kappa shape index (κ1) is 50.5. The fraction of sp³-hybridized carbons (Fsp3) is 0.490. The molecule has 16 nitrogen and oxygen atoms in total. The zero-order chi connectivity index (χ0) is 49.2. The van der Waals surface area contributed by atoms with E-state index in [1.165, 1.54) is 65.0 Å². The summed E-state index contributed by atoms with van der Waals surface area (Å²) in [7, 11) is 1.44. The first-order chi connectivity index (χ1) is 31.6. The van der Waals surface area contributed by atoms with Crippen molar-refractivity contribution in [2.75, 3.05) is 25.5 Å². The molecule has 4 aliphatic rings. The summed E-state index contributed by atoms with van der Waals surface area (Å²) in [4.78, 5) is 43.4. The Balaban J connectivity index is 1.49. The number of aliphatic hydroxyl groups excluding tert-OH is 2. The number of anilines is 1. The number of carbonyl (C=O) groups is 3. The number of ether oxygens (including phenoxy) is 4. The van der Waals surface area contributed by atoms with Gasteiger partial charge >= 0.3 is 11.8 Å². The molecule has 5 bridgehead atoms. The van der Waals surface area contributed by atoms with Gasteiger partial charge in [0.25, 0.3) is 11.7 Å². The standard InChI is InChI=1S/C51H66N4O12/c1-26-16-15-17-27(2)50(63)53-41-36(22-52-55-28(3)23-54(24-29(55)4)25-35-18-13-12-14-19-35)45(60)38-39(46(41)61)44(59)33(8)48-40(38)49(62)51(10,67-48)65-21-20-37(64-11)30(5)47(66-34(9)56)32(7)43(58)31(6)42(26)57/h12-22,26,28-32,37,42-43,47,57-61H,23-25H2,1-11H3,(H,53,63)/b16-15-,21-20-,27-17+,52-22?/t26-,28?,29?,30+,31+,32+,37-,42-,43+,47+,51-/m0/s1. The van der Waals surface area contributed by atoms with Crippen molar-refractivity contribution in [3.63, 3.8) is 0 Å². The third-order valence-electron chi connectivity index (χ3n) is 13.6. The summed E-state index contributed by atoms with van der Waals surface area (Å²) in [6.45, 7) is 18.7. The molecule has 6 N–H and O–H groups in total. The first-order valence-electron chi connectivity index (χ1n) is 22.8. The molecule has 2 unspecified atom stereocenters. The van der Waals surface area contributed by atoms with Crippen LogP contribution in [-0.2, 0) is 30.3 Å². The molecule has 3 aromatic rings. The normalized spacial score (nSPS) is 31.8. The molecular weight excluding hydrogens is 861 g/mol. The maximum atomic E-state index is 14.6. The predicted octanol–water partition coefficient (Wildman–Crippen LogP) is 6.68. The van der Waals surface area contributed by atoms with Crippen molar-refractivity contribution in [3.05, 3.63) is 88.7 Å². The van der Waals surface area contributed by atoms with Crippen LogP contribution in [0.5, 0.6) is 23.0 Å². The number of ketones is 1. The zero-order valence-corrected chi connectivity index (χ0v) is 40.2. The maximum Gasteiger partial charge on any atom is 0.312 e. The third kappa shape index (κ3) is 10.2. The monoisotopic (exact) mass is 926 g/mol. The van der Waals surface area contributed by atoms with Crippen LogP contribution in [0.15, 0.2) is 71.6 Å². The molecule has 4 heterocycles.